The molecular formula is C18H18N2O4S. The topological polar surface area (TPSA) is 92.3 Å². The SMILES string of the molecule is CC(=O)Nc1ccc(S(=O)(=O)Nc2ccc(C(=O)C3CC3)cc2)cc1. The summed E-state index contributed by atoms with van der Waals surface area (Å²) in [5, 5.41) is 2.58. The number of anilines is 2. The van der Waals surface area contributed by atoms with Gasteiger partial charge in [-0.05, 0) is 61.4 Å². The van der Waals surface area contributed by atoms with Gasteiger partial charge in [0.25, 0.3) is 10.0 Å². The van der Waals surface area contributed by atoms with Gasteiger partial charge in [0, 0.05) is 29.8 Å². The monoisotopic (exact) mass is 358 g/mol. The largest absolute Gasteiger partial charge is 0.326 e. The third-order valence-electron chi connectivity index (χ3n) is 3.85. The third-order valence-corrected chi connectivity index (χ3v) is 5.25. The maximum atomic E-state index is 12.4. The Kier molecular flexibility index (Phi) is 4.59. The number of ketones is 1. The van der Waals surface area contributed by atoms with Gasteiger partial charge in [0.1, 0.15) is 0 Å². The number of carbonyl (C=O) groups excluding carboxylic acids is 2. The molecule has 1 amide bonds. The van der Waals surface area contributed by atoms with Gasteiger partial charge in [-0.2, -0.15) is 0 Å². The van der Waals surface area contributed by atoms with Crippen molar-refractivity contribution in [1.82, 2.24) is 0 Å². The Morgan fingerprint density at radius 2 is 1.48 bits per heavy atom. The highest BCUT2D eigenvalue weighted by molar-refractivity contribution is 7.92. The first kappa shape index (κ1) is 17.2. The molecule has 3 rings (SSSR count). The fourth-order valence-corrected chi connectivity index (χ4v) is 3.48. The summed E-state index contributed by atoms with van der Waals surface area (Å²) in [6, 6.07) is 12.3. The maximum absolute atomic E-state index is 12.4. The minimum absolute atomic E-state index is 0.0831. The van der Waals surface area contributed by atoms with Crippen molar-refractivity contribution >= 4 is 33.1 Å². The van der Waals surface area contributed by atoms with E-state index in [2.05, 4.69) is 10.0 Å². The number of Topliss-reactive ketones (excluding diaryl/α,β-unsaturated/α-hetero) is 1. The van der Waals surface area contributed by atoms with Crippen molar-refractivity contribution in [2.24, 2.45) is 5.92 Å². The van der Waals surface area contributed by atoms with Gasteiger partial charge in [0.2, 0.25) is 5.91 Å². The molecule has 0 unspecified atom stereocenters. The average molecular weight is 358 g/mol. The van der Waals surface area contributed by atoms with Gasteiger partial charge in [-0.15, -0.1) is 0 Å². The van der Waals surface area contributed by atoms with E-state index in [1.807, 2.05) is 0 Å². The Bertz CT molecular complexity index is 899. The van der Waals surface area contributed by atoms with Crippen molar-refractivity contribution in [2.45, 2.75) is 24.7 Å². The highest BCUT2D eigenvalue weighted by atomic mass is 32.2. The van der Waals surface area contributed by atoms with Crippen LogP contribution in [0, 0.1) is 5.92 Å². The van der Waals surface area contributed by atoms with E-state index < -0.39 is 10.0 Å². The molecule has 6 nitrogen and oxygen atoms in total. The Balaban J connectivity index is 1.72. The van der Waals surface area contributed by atoms with E-state index in [-0.39, 0.29) is 22.5 Å². The van der Waals surface area contributed by atoms with E-state index in [4.69, 9.17) is 0 Å². The van der Waals surface area contributed by atoms with Crippen LogP contribution < -0.4 is 10.0 Å². The first-order valence-electron chi connectivity index (χ1n) is 7.90. The highest BCUT2D eigenvalue weighted by Gasteiger charge is 2.30. The van der Waals surface area contributed by atoms with Crippen LogP contribution in [-0.4, -0.2) is 20.1 Å². The quantitative estimate of drug-likeness (QED) is 0.776. The molecule has 1 saturated carbocycles. The number of carbonyl (C=O) groups is 2. The van der Waals surface area contributed by atoms with Crippen LogP contribution in [0.4, 0.5) is 11.4 Å². The van der Waals surface area contributed by atoms with Gasteiger partial charge in [0.15, 0.2) is 5.78 Å². The number of nitrogens with one attached hydrogen (secondary N) is 2. The number of benzene rings is 2. The Morgan fingerprint density at radius 1 is 0.920 bits per heavy atom. The van der Waals surface area contributed by atoms with Crippen molar-refractivity contribution in [3.63, 3.8) is 0 Å². The third kappa shape index (κ3) is 4.24. The lowest BCUT2D eigenvalue weighted by Gasteiger charge is -2.09. The Labute approximate surface area is 146 Å². The molecule has 2 aromatic carbocycles. The lowest BCUT2D eigenvalue weighted by atomic mass is 10.1. The molecule has 7 heteroatoms. The van der Waals surface area contributed by atoms with E-state index in [9.17, 15) is 18.0 Å². The lowest BCUT2D eigenvalue weighted by molar-refractivity contribution is -0.114. The molecule has 0 spiro atoms. The van der Waals surface area contributed by atoms with Gasteiger partial charge in [-0.25, -0.2) is 8.42 Å². The van der Waals surface area contributed by atoms with Gasteiger partial charge >= 0.3 is 0 Å². The van der Waals surface area contributed by atoms with E-state index in [0.29, 0.717) is 16.9 Å². The molecule has 0 aliphatic heterocycles. The normalized spacial score (nSPS) is 14.0. The lowest BCUT2D eigenvalue weighted by Crippen LogP contribution is -2.13. The zero-order chi connectivity index (χ0) is 18.0. The fraction of sp³-hybridized carbons (Fsp3) is 0.222. The molecule has 2 N–H and O–H groups in total. The summed E-state index contributed by atoms with van der Waals surface area (Å²) >= 11 is 0. The average Bonchev–Trinajstić information content (AvgIpc) is 3.39. The van der Waals surface area contributed by atoms with Gasteiger partial charge in [-0.3, -0.25) is 14.3 Å². The number of hydrogen-bond acceptors (Lipinski definition) is 4. The Morgan fingerprint density at radius 3 is 2.00 bits per heavy atom. The first-order chi connectivity index (χ1) is 11.8. The van der Waals surface area contributed by atoms with E-state index >= 15 is 0 Å². The van der Waals surface area contributed by atoms with Crippen LogP contribution in [0.5, 0.6) is 0 Å². The van der Waals surface area contributed by atoms with Crippen LogP contribution in [0.1, 0.15) is 30.1 Å². The molecule has 1 aliphatic carbocycles. The van der Waals surface area contributed by atoms with Crippen LogP contribution in [0.3, 0.4) is 0 Å². The van der Waals surface area contributed by atoms with Crippen LogP contribution in [0.2, 0.25) is 0 Å². The van der Waals surface area contributed by atoms with Crippen molar-refractivity contribution in [2.75, 3.05) is 10.0 Å². The second-order valence-electron chi connectivity index (χ2n) is 6.03. The molecule has 0 saturated heterocycles. The molecule has 130 valence electrons. The standard InChI is InChI=1S/C18H18N2O4S/c1-12(21)19-15-8-10-17(11-9-15)25(23,24)20-16-6-4-14(5-7-16)18(22)13-2-3-13/h4-11,13,20H,2-3H2,1H3,(H,19,21). The predicted molar refractivity (Wildman–Crippen MR) is 95.1 cm³/mol. The number of amides is 1. The maximum Gasteiger partial charge on any atom is 0.261 e. The molecule has 0 atom stereocenters. The molecule has 0 heterocycles. The van der Waals surface area contributed by atoms with Gasteiger partial charge < -0.3 is 5.32 Å². The van der Waals surface area contributed by atoms with Gasteiger partial charge in [-0.1, -0.05) is 0 Å². The van der Waals surface area contributed by atoms with E-state index in [0.717, 1.165) is 12.8 Å². The molecule has 2 aromatic rings. The van der Waals surface area contributed by atoms with Crippen LogP contribution >= 0.6 is 0 Å². The molecule has 0 radical (unpaired) electrons. The van der Waals surface area contributed by atoms with Gasteiger partial charge in [0.05, 0.1) is 4.90 Å². The second-order valence-corrected chi connectivity index (χ2v) is 7.71. The second kappa shape index (κ2) is 6.68. The summed E-state index contributed by atoms with van der Waals surface area (Å²) in [7, 11) is -3.74. The van der Waals surface area contributed by atoms with Crippen molar-refractivity contribution in [3.05, 3.63) is 54.1 Å². The first-order valence-corrected chi connectivity index (χ1v) is 9.38. The molecule has 1 aliphatic rings. The van der Waals surface area contributed by atoms with Crippen LogP contribution in [-0.2, 0) is 14.8 Å². The fourth-order valence-electron chi connectivity index (χ4n) is 2.42. The molecule has 1 fully saturated rings. The van der Waals surface area contributed by atoms with Crippen molar-refractivity contribution in [1.29, 1.82) is 0 Å². The summed E-state index contributed by atoms with van der Waals surface area (Å²) in [6.45, 7) is 1.38. The minimum Gasteiger partial charge on any atom is -0.326 e. The van der Waals surface area contributed by atoms with Crippen LogP contribution in [0.25, 0.3) is 0 Å². The van der Waals surface area contributed by atoms with Crippen LogP contribution in [0.15, 0.2) is 53.4 Å². The summed E-state index contributed by atoms with van der Waals surface area (Å²) in [4.78, 5) is 23.0. The number of rotatable bonds is 6. The summed E-state index contributed by atoms with van der Waals surface area (Å²) in [5.41, 5.74) is 1.51. The predicted octanol–water partition coefficient (Wildman–Crippen LogP) is 3.04. The highest BCUT2D eigenvalue weighted by Crippen LogP contribution is 2.32. The zero-order valence-corrected chi connectivity index (χ0v) is 14.5. The minimum atomic E-state index is -3.74. The molecule has 0 bridgehead atoms. The van der Waals surface area contributed by atoms with Crippen molar-refractivity contribution in [3.8, 4) is 0 Å². The van der Waals surface area contributed by atoms with E-state index in [1.54, 1.807) is 24.3 Å². The molecule has 25 heavy (non-hydrogen) atoms. The Hall–Kier alpha value is -2.67. The zero-order valence-electron chi connectivity index (χ0n) is 13.7. The van der Waals surface area contributed by atoms with E-state index in [1.165, 1.54) is 31.2 Å². The summed E-state index contributed by atoms with van der Waals surface area (Å²) < 4.78 is 27.3. The molecule has 0 aromatic heterocycles. The number of hydrogen-bond donors (Lipinski definition) is 2. The summed E-state index contributed by atoms with van der Waals surface area (Å²) in [6.07, 6.45) is 1.86. The molecular weight excluding hydrogens is 340 g/mol. The van der Waals surface area contributed by atoms with Crippen molar-refractivity contribution < 1.29 is 18.0 Å². The summed E-state index contributed by atoms with van der Waals surface area (Å²) in [5.74, 6) is 0.0159. The smallest absolute Gasteiger partial charge is 0.261 e. The number of sulfonamides is 1.